The number of esters is 4. The minimum absolute atomic E-state index is 0. The second-order valence-corrected chi connectivity index (χ2v) is 15.0. The molecule has 4 fully saturated rings. The Bertz CT molecular complexity index is 840. The Hall–Kier alpha value is -0.666. The third kappa shape index (κ3) is 14.1. The number of rotatable bonds is 8. The van der Waals surface area contributed by atoms with Gasteiger partial charge in [0.05, 0.1) is 0 Å². The molecule has 4 saturated carbocycles. The summed E-state index contributed by atoms with van der Waals surface area (Å²) >= 11 is -3.12. The van der Waals surface area contributed by atoms with Crippen molar-refractivity contribution in [3.63, 3.8) is 0 Å². The predicted molar refractivity (Wildman–Crippen MR) is 146 cm³/mol. The maximum atomic E-state index is 12.7. The third-order valence-corrected chi connectivity index (χ3v) is 13.4. The van der Waals surface area contributed by atoms with Gasteiger partial charge in [0.15, 0.2) is 0 Å². The molecule has 43 heavy (non-hydrogen) atoms. The summed E-state index contributed by atoms with van der Waals surface area (Å²) in [4.78, 5) is 50.7. The molecule has 0 aliphatic heterocycles. The number of carbonyl (C=O) groups excluding carboxylic acids is 4. The number of methoxy groups -OCH3 is 4. The molecule has 20 radical (unpaired) electrons. The van der Waals surface area contributed by atoms with Crippen molar-refractivity contribution in [2.24, 2.45) is 0 Å². The molecular formula is C32H30Fe2HgO8+4. The van der Waals surface area contributed by atoms with Crippen LogP contribution in [0, 0.1) is 127 Å². The zero-order chi connectivity index (χ0) is 30.0. The van der Waals surface area contributed by atoms with Crippen LogP contribution in [0.25, 0.3) is 0 Å². The van der Waals surface area contributed by atoms with Crippen LogP contribution >= 0.6 is 0 Å². The minimum atomic E-state index is -3.12. The Morgan fingerprint density at radius 2 is 0.651 bits per heavy atom. The van der Waals surface area contributed by atoms with E-state index in [0.717, 1.165) is 0 Å². The van der Waals surface area contributed by atoms with Gasteiger partial charge in [0.25, 0.3) is 0 Å². The maximum absolute atomic E-state index is 12.7. The van der Waals surface area contributed by atoms with Crippen LogP contribution in [0.15, 0.2) is 17.3 Å². The van der Waals surface area contributed by atoms with Crippen molar-refractivity contribution in [2.45, 2.75) is 0 Å². The monoisotopic (exact) mass is 856 g/mol. The summed E-state index contributed by atoms with van der Waals surface area (Å²) in [5.74, 6) is -2.13. The first-order valence-electron chi connectivity index (χ1n) is 12.5. The number of hydrogen-bond donors (Lipinski definition) is 0. The van der Waals surface area contributed by atoms with Gasteiger partial charge in [-0.25, -0.2) is 0 Å². The van der Waals surface area contributed by atoms with Crippen LogP contribution < -0.4 is 0 Å². The molecule has 0 amide bonds. The minimum Gasteiger partial charge on any atom is -0.0312 e. The largest absolute Gasteiger partial charge is 2.00 e. The van der Waals surface area contributed by atoms with Crippen LogP contribution in [0.3, 0.4) is 0 Å². The van der Waals surface area contributed by atoms with E-state index in [2.05, 4.69) is 0 Å². The van der Waals surface area contributed by atoms with Gasteiger partial charge in [0, 0.05) is 0 Å². The predicted octanol–water partition coefficient (Wildman–Crippen LogP) is 3.12. The van der Waals surface area contributed by atoms with E-state index >= 15 is 0 Å². The van der Waals surface area contributed by atoms with Crippen molar-refractivity contribution in [3.8, 4) is 0 Å². The molecule has 4 aliphatic carbocycles. The molecule has 0 unspecified atom stereocenters. The Labute approximate surface area is 292 Å². The van der Waals surface area contributed by atoms with Crippen LogP contribution in [0.4, 0.5) is 0 Å². The van der Waals surface area contributed by atoms with E-state index < -0.39 is 48.5 Å². The Morgan fingerprint density at radius 3 is 0.860 bits per heavy atom. The van der Waals surface area contributed by atoms with Crippen LogP contribution in [-0.2, 0) is 96.8 Å². The second kappa shape index (κ2) is 24.6. The molecule has 0 spiro atoms. The molecule has 220 valence electrons. The molecule has 4 aliphatic rings. The molecule has 0 atom stereocenters. The molecule has 0 bridgehead atoms. The summed E-state index contributed by atoms with van der Waals surface area (Å²) in [5, 5.41) is 0. The van der Waals surface area contributed by atoms with Crippen LogP contribution in [-0.4, -0.2) is 52.3 Å². The van der Waals surface area contributed by atoms with Crippen molar-refractivity contribution in [2.75, 3.05) is 28.4 Å². The summed E-state index contributed by atoms with van der Waals surface area (Å²) in [6, 6.07) is 0. The third-order valence-electron chi connectivity index (χ3n) is 5.61. The first kappa shape index (κ1) is 42.3. The summed E-state index contributed by atoms with van der Waals surface area (Å²) in [6.07, 6.45) is 33.4. The molecule has 8 nitrogen and oxygen atoms in total. The molecular weight excluding hydrogens is 825 g/mol. The Morgan fingerprint density at radius 1 is 0.419 bits per heavy atom. The fourth-order valence-corrected chi connectivity index (χ4v) is 11.4. The topological polar surface area (TPSA) is 105 Å². The van der Waals surface area contributed by atoms with E-state index in [1.165, 1.54) is 28.4 Å². The maximum Gasteiger partial charge on any atom is 2.00 e. The van der Waals surface area contributed by atoms with E-state index in [9.17, 15) is 19.2 Å². The molecule has 0 N–H and O–H groups in total. The first-order valence-corrected chi connectivity index (χ1v) is 18.0. The van der Waals surface area contributed by atoms with Gasteiger partial charge >= 0.3 is 230 Å². The van der Waals surface area contributed by atoms with Crippen LogP contribution in [0.2, 0.25) is 0 Å². The van der Waals surface area contributed by atoms with Gasteiger partial charge < -0.3 is 0 Å². The van der Waals surface area contributed by atoms with Gasteiger partial charge in [-0.2, -0.15) is 0 Å². The van der Waals surface area contributed by atoms with Gasteiger partial charge in [-0.1, -0.05) is 0 Å². The molecule has 0 saturated heterocycles. The van der Waals surface area contributed by atoms with Gasteiger partial charge in [0.1, 0.15) is 0 Å². The van der Waals surface area contributed by atoms with E-state index in [1.807, 2.05) is 64.2 Å². The zero-order valence-corrected chi connectivity index (χ0v) is 31.8. The summed E-state index contributed by atoms with van der Waals surface area (Å²) in [6.45, 7) is 0. The van der Waals surface area contributed by atoms with E-state index in [0.29, 0.717) is 11.8 Å². The summed E-state index contributed by atoms with van der Waals surface area (Å²) < 4.78 is 19.7. The fraction of sp³-hybridized carbons (Fsp3) is 0.125. The van der Waals surface area contributed by atoms with E-state index in [4.69, 9.17) is 18.9 Å². The van der Waals surface area contributed by atoms with Gasteiger partial charge in [-0.3, -0.25) is 0 Å². The standard InChI is InChI=1S/2C11H10O4.2C5H5.2Fe.Hg/c2*1-14-10(12)7-9(11(13)15-2)8-5-3-4-6-8;2*1-2-4-5-3-1;;;/h2*3-6H,1-2H3;2*1-5H;;;/q;;;;2*+2;. The summed E-state index contributed by atoms with van der Waals surface area (Å²) in [5.41, 5.74) is 0.0169. The average molecular weight is 855 g/mol. The normalized spacial score (nSPS) is 18.9. The molecule has 0 heterocycles. The van der Waals surface area contributed by atoms with Crippen molar-refractivity contribution < 1.29 is 96.8 Å². The van der Waals surface area contributed by atoms with Crippen molar-refractivity contribution in [1.29, 1.82) is 0 Å². The molecule has 0 aromatic heterocycles. The van der Waals surface area contributed by atoms with E-state index in [-0.39, 0.29) is 51.4 Å². The number of ether oxygens (including phenoxy) is 4. The quantitative estimate of drug-likeness (QED) is 0.159. The van der Waals surface area contributed by atoms with Gasteiger partial charge in [0.2, 0.25) is 0 Å². The van der Waals surface area contributed by atoms with Gasteiger partial charge in [-0.15, -0.1) is 0 Å². The first-order chi connectivity index (χ1) is 19.9. The molecule has 4 rings (SSSR count). The van der Waals surface area contributed by atoms with Crippen molar-refractivity contribution >= 4 is 23.9 Å². The Balaban J connectivity index is 0.00000123. The second-order valence-electron chi connectivity index (χ2n) is 8.12. The smallest absolute Gasteiger partial charge is 0.0312 e. The number of hydrogen-bond acceptors (Lipinski definition) is 8. The average Bonchev–Trinajstić information content (AvgIpc) is 3.83. The Kier molecular flexibility index (Phi) is 24.2. The zero-order valence-electron chi connectivity index (χ0n) is 24.1. The van der Waals surface area contributed by atoms with Gasteiger partial charge in [-0.05, 0) is 64.2 Å². The SMILES string of the molecule is COC(=O)/[C]([Hg]/[C](C(=O)OC)=C(/[C]1[CH][CH][CH][CH]1)C(=O)OC)=C(\[C]1[CH][CH][CH][CH]1)C(=O)OC.[CH]1[CH][CH][CH][CH]1.[CH]1[CH][CH][CH][CH]1.[Fe+2].[Fe+2]. The van der Waals surface area contributed by atoms with Crippen molar-refractivity contribution in [1.82, 2.24) is 0 Å². The van der Waals surface area contributed by atoms with E-state index in [1.54, 1.807) is 51.4 Å². The number of carbonyl (C=O) groups is 4. The fourth-order valence-electron chi connectivity index (χ4n) is 3.71. The molecule has 0 aromatic rings. The molecule has 0 aromatic carbocycles. The van der Waals surface area contributed by atoms with Crippen LogP contribution in [0.5, 0.6) is 0 Å². The molecule has 11 heteroatoms. The van der Waals surface area contributed by atoms with Crippen LogP contribution in [0.1, 0.15) is 0 Å². The summed E-state index contributed by atoms with van der Waals surface area (Å²) in [7, 11) is 4.74. The van der Waals surface area contributed by atoms with Crippen molar-refractivity contribution in [3.05, 3.63) is 145 Å².